The highest BCUT2D eigenvalue weighted by molar-refractivity contribution is 5.91. The number of rotatable bonds is 5. The first-order valence-corrected chi connectivity index (χ1v) is 6.92. The highest BCUT2D eigenvalue weighted by atomic mass is 16.5. The Bertz CT molecular complexity index is 635. The molecule has 4 heteroatoms. The molecule has 21 heavy (non-hydrogen) atoms. The van der Waals surface area contributed by atoms with Gasteiger partial charge in [0, 0.05) is 11.8 Å². The topological polar surface area (TPSA) is 72.5 Å². The Morgan fingerprint density at radius 1 is 1.24 bits per heavy atom. The second-order valence-corrected chi connectivity index (χ2v) is 5.04. The predicted octanol–water partition coefficient (Wildman–Crippen LogP) is 4.27. The zero-order valence-electron chi connectivity index (χ0n) is 12.2. The number of aromatic carboxylic acids is 1. The van der Waals surface area contributed by atoms with Gasteiger partial charge in [-0.2, -0.15) is 0 Å². The van der Waals surface area contributed by atoms with Gasteiger partial charge >= 0.3 is 5.97 Å². The van der Waals surface area contributed by atoms with E-state index in [2.05, 4.69) is 13.8 Å². The standard InChI is InChI=1S/C17H19NO3/c1-3-11(2)12-4-7-14(8-5-12)21-16-10-13(18)6-9-15(16)17(19)20/h4-11H,3,18H2,1-2H3,(H,19,20). The van der Waals surface area contributed by atoms with Gasteiger partial charge in [-0.05, 0) is 42.2 Å². The molecule has 0 radical (unpaired) electrons. The van der Waals surface area contributed by atoms with Crippen LogP contribution in [0.1, 0.15) is 42.1 Å². The zero-order valence-corrected chi connectivity index (χ0v) is 12.2. The third kappa shape index (κ3) is 3.54. The molecule has 0 spiro atoms. The van der Waals surface area contributed by atoms with Crippen LogP contribution < -0.4 is 10.5 Å². The van der Waals surface area contributed by atoms with Crippen molar-refractivity contribution in [1.82, 2.24) is 0 Å². The molecule has 4 nitrogen and oxygen atoms in total. The fraction of sp³-hybridized carbons (Fsp3) is 0.235. The smallest absolute Gasteiger partial charge is 0.339 e. The van der Waals surface area contributed by atoms with Crippen LogP contribution in [0.4, 0.5) is 5.69 Å². The van der Waals surface area contributed by atoms with Crippen LogP contribution in [0.2, 0.25) is 0 Å². The van der Waals surface area contributed by atoms with Gasteiger partial charge in [0.2, 0.25) is 0 Å². The minimum atomic E-state index is -1.04. The summed E-state index contributed by atoms with van der Waals surface area (Å²) < 4.78 is 5.66. The fourth-order valence-electron chi connectivity index (χ4n) is 2.03. The number of nitrogens with two attached hydrogens (primary N) is 1. The number of hydrogen-bond donors (Lipinski definition) is 2. The lowest BCUT2D eigenvalue weighted by atomic mass is 9.99. The third-order valence-corrected chi connectivity index (χ3v) is 3.53. The van der Waals surface area contributed by atoms with Gasteiger partial charge < -0.3 is 15.6 Å². The van der Waals surface area contributed by atoms with Crippen molar-refractivity contribution in [2.24, 2.45) is 0 Å². The first-order valence-electron chi connectivity index (χ1n) is 6.92. The first kappa shape index (κ1) is 14.9. The van der Waals surface area contributed by atoms with Crippen molar-refractivity contribution >= 4 is 11.7 Å². The zero-order chi connectivity index (χ0) is 15.4. The van der Waals surface area contributed by atoms with Crippen molar-refractivity contribution < 1.29 is 14.6 Å². The molecule has 0 aliphatic rings. The lowest BCUT2D eigenvalue weighted by molar-refractivity contribution is 0.0694. The second kappa shape index (κ2) is 6.31. The Morgan fingerprint density at radius 3 is 2.48 bits per heavy atom. The van der Waals surface area contributed by atoms with Gasteiger partial charge in [0.25, 0.3) is 0 Å². The summed E-state index contributed by atoms with van der Waals surface area (Å²) in [7, 11) is 0. The second-order valence-electron chi connectivity index (χ2n) is 5.04. The Hall–Kier alpha value is -2.49. The average molecular weight is 285 g/mol. The van der Waals surface area contributed by atoms with Crippen molar-refractivity contribution in [2.45, 2.75) is 26.2 Å². The van der Waals surface area contributed by atoms with Gasteiger partial charge in [0.15, 0.2) is 0 Å². The molecule has 0 aliphatic carbocycles. The van der Waals surface area contributed by atoms with Crippen molar-refractivity contribution in [3.05, 3.63) is 53.6 Å². The van der Waals surface area contributed by atoms with E-state index in [9.17, 15) is 4.79 Å². The molecule has 0 aromatic heterocycles. The molecule has 0 amide bonds. The molecule has 2 aromatic rings. The summed E-state index contributed by atoms with van der Waals surface area (Å²) in [5.74, 6) is 0.288. The molecule has 2 aromatic carbocycles. The summed E-state index contributed by atoms with van der Waals surface area (Å²) in [4.78, 5) is 11.2. The summed E-state index contributed by atoms with van der Waals surface area (Å²) in [5, 5.41) is 9.16. The fourth-order valence-corrected chi connectivity index (χ4v) is 2.03. The Morgan fingerprint density at radius 2 is 1.90 bits per heavy atom. The van der Waals surface area contributed by atoms with Crippen molar-refractivity contribution in [1.29, 1.82) is 0 Å². The van der Waals surface area contributed by atoms with E-state index in [1.807, 2.05) is 24.3 Å². The summed E-state index contributed by atoms with van der Waals surface area (Å²) in [6.45, 7) is 4.30. The molecule has 2 rings (SSSR count). The lowest BCUT2D eigenvalue weighted by Crippen LogP contribution is -2.01. The van der Waals surface area contributed by atoms with Gasteiger partial charge in [-0.1, -0.05) is 26.0 Å². The maximum absolute atomic E-state index is 11.2. The molecule has 0 fully saturated rings. The quantitative estimate of drug-likeness (QED) is 0.804. The summed E-state index contributed by atoms with van der Waals surface area (Å²) in [5.41, 5.74) is 7.48. The van der Waals surface area contributed by atoms with Gasteiger partial charge in [0.1, 0.15) is 17.1 Å². The molecule has 3 N–H and O–H groups in total. The predicted molar refractivity (Wildman–Crippen MR) is 83.0 cm³/mol. The SMILES string of the molecule is CCC(C)c1ccc(Oc2cc(N)ccc2C(=O)O)cc1. The highest BCUT2D eigenvalue weighted by Crippen LogP contribution is 2.29. The monoisotopic (exact) mass is 285 g/mol. The van der Waals surface area contributed by atoms with Crippen LogP contribution in [0.15, 0.2) is 42.5 Å². The molecule has 1 unspecified atom stereocenters. The van der Waals surface area contributed by atoms with E-state index in [1.54, 1.807) is 6.07 Å². The van der Waals surface area contributed by atoms with Gasteiger partial charge in [-0.3, -0.25) is 0 Å². The maximum atomic E-state index is 11.2. The van der Waals surface area contributed by atoms with E-state index in [0.717, 1.165) is 6.42 Å². The van der Waals surface area contributed by atoms with E-state index >= 15 is 0 Å². The molecule has 0 saturated carbocycles. The number of anilines is 1. The largest absolute Gasteiger partial charge is 0.478 e. The van der Waals surface area contributed by atoms with Crippen LogP contribution in [0.5, 0.6) is 11.5 Å². The Labute approximate surface area is 124 Å². The third-order valence-electron chi connectivity index (χ3n) is 3.53. The molecule has 0 saturated heterocycles. The van der Waals surface area contributed by atoms with Gasteiger partial charge in [-0.15, -0.1) is 0 Å². The van der Waals surface area contributed by atoms with E-state index in [0.29, 0.717) is 17.4 Å². The van der Waals surface area contributed by atoms with Gasteiger partial charge in [-0.25, -0.2) is 4.79 Å². The normalized spacial score (nSPS) is 11.9. The van der Waals surface area contributed by atoms with Crippen LogP contribution in [0.25, 0.3) is 0 Å². The number of benzene rings is 2. The van der Waals surface area contributed by atoms with Crippen LogP contribution in [0, 0.1) is 0 Å². The van der Waals surface area contributed by atoms with E-state index in [1.165, 1.54) is 17.7 Å². The molecule has 0 heterocycles. The molecule has 110 valence electrons. The first-order chi connectivity index (χ1) is 10.0. The Balaban J connectivity index is 2.26. The number of hydrogen-bond acceptors (Lipinski definition) is 3. The number of carbonyl (C=O) groups is 1. The van der Waals surface area contributed by atoms with E-state index in [-0.39, 0.29) is 11.3 Å². The van der Waals surface area contributed by atoms with Crippen molar-refractivity contribution in [3.8, 4) is 11.5 Å². The number of carboxylic acids is 1. The Kier molecular flexibility index (Phi) is 4.48. The number of nitrogen functional groups attached to an aromatic ring is 1. The summed E-state index contributed by atoms with van der Waals surface area (Å²) in [6, 6.07) is 12.2. The van der Waals surface area contributed by atoms with Crippen molar-refractivity contribution in [2.75, 3.05) is 5.73 Å². The molecule has 0 aliphatic heterocycles. The minimum Gasteiger partial charge on any atom is -0.478 e. The number of ether oxygens (including phenoxy) is 1. The van der Waals surface area contributed by atoms with E-state index < -0.39 is 5.97 Å². The molecular weight excluding hydrogens is 266 g/mol. The molecule has 0 bridgehead atoms. The minimum absolute atomic E-state index is 0.0928. The molecule has 1 atom stereocenters. The average Bonchev–Trinajstić information content (AvgIpc) is 2.47. The number of carboxylic acid groups (broad SMARTS) is 1. The highest BCUT2D eigenvalue weighted by Gasteiger charge is 2.12. The lowest BCUT2D eigenvalue weighted by Gasteiger charge is -2.12. The van der Waals surface area contributed by atoms with Crippen molar-refractivity contribution in [3.63, 3.8) is 0 Å². The van der Waals surface area contributed by atoms with E-state index in [4.69, 9.17) is 15.6 Å². The van der Waals surface area contributed by atoms with Crippen LogP contribution in [-0.2, 0) is 0 Å². The van der Waals surface area contributed by atoms with Crippen LogP contribution in [-0.4, -0.2) is 11.1 Å². The summed E-state index contributed by atoms with van der Waals surface area (Å²) >= 11 is 0. The van der Waals surface area contributed by atoms with Crippen LogP contribution >= 0.6 is 0 Å². The van der Waals surface area contributed by atoms with Crippen LogP contribution in [0.3, 0.4) is 0 Å². The van der Waals surface area contributed by atoms with Gasteiger partial charge in [0.05, 0.1) is 0 Å². The summed E-state index contributed by atoms with van der Waals surface area (Å²) in [6.07, 6.45) is 1.07. The maximum Gasteiger partial charge on any atom is 0.339 e. The molecular formula is C17H19NO3.